The number of carbonyl (C=O) groups is 5. The maximum atomic E-state index is 11.4. The highest BCUT2D eigenvalue weighted by Crippen LogP contribution is 2.15. The normalized spacial score (nSPS) is 18.9. The number of Topliss-reactive ketones (excluding diaryl/α,β-unsaturated/α-hetero) is 1. The van der Waals surface area contributed by atoms with E-state index in [0.717, 1.165) is 6.08 Å². The predicted octanol–water partition coefficient (Wildman–Crippen LogP) is -1.30. The Bertz CT molecular complexity index is 477. The molecule has 0 spiro atoms. The van der Waals surface area contributed by atoms with E-state index in [0.29, 0.717) is 0 Å². The Morgan fingerprint density at radius 3 is 2.28 bits per heavy atom. The van der Waals surface area contributed by atoms with E-state index in [2.05, 4.69) is 0 Å². The lowest BCUT2D eigenvalue weighted by atomic mass is 9.92. The average Bonchev–Trinajstić information content (AvgIpc) is 2.26. The van der Waals surface area contributed by atoms with Crippen molar-refractivity contribution in [2.75, 3.05) is 0 Å². The van der Waals surface area contributed by atoms with Crippen LogP contribution >= 0.6 is 0 Å². The van der Waals surface area contributed by atoms with E-state index in [-0.39, 0.29) is 6.42 Å². The van der Waals surface area contributed by atoms with Crippen LogP contribution in [0.15, 0.2) is 11.8 Å². The minimum absolute atomic E-state index is 0.265. The van der Waals surface area contributed by atoms with Crippen molar-refractivity contribution in [3.8, 4) is 0 Å². The third-order valence-electron chi connectivity index (χ3n) is 2.33. The fraction of sp³-hybridized carbons (Fsp3) is 0.300. The Kier molecular flexibility index (Phi) is 3.93. The molecule has 1 unspecified atom stereocenters. The second-order valence-corrected chi connectivity index (χ2v) is 3.57. The van der Waals surface area contributed by atoms with Crippen LogP contribution in [0.1, 0.15) is 12.8 Å². The molecule has 0 bridgehead atoms. The van der Waals surface area contributed by atoms with Crippen LogP contribution in [0.25, 0.3) is 0 Å². The minimum atomic E-state index is -1.64. The fourth-order valence-electron chi connectivity index (χ4n) is 1.40. The van der Waals surface area contributed by atoms with Gasteiger partial charge in [0.2, 0.25) is 11.7 Å². The van der Waals surface area contributed by atoms with Gasteiger partial charge in [0, 0.05) is 12.5 Å². The fourth-order valence-corrected chi connectivity index (χ4v) is 1.40. The zero-order chi connectivity index (χ0) is 13.9. The van der Waals surface area contributed by atoms with Crippen molar-refractivity contribution >= 4 is 29.4 Å². The van der Waals surface area contributed by atoms with Crippen molar-refractivity contribution < 1.29 is 34.2 Å². The molecule has 96 valence electrons. The number of carboxylic acid groups (broad SMARTS) is 2. The van der Waals surface area contributed by atoms with Crippen LogP contribution < -0.4 is 5.32 Å². The quantitative estimate of drug-likeness (QED) is 0.410. The van der Waals surface area contributed by atoms with Gasteiger partial charge in [-0.05, 0) is 6.42 Å². The maximum Gasteiger partial charge on any atom is 0.372 e. The molecule has 0 saturated carbocycles. The Labute approximate surface area is 100 Å². The van der Waals surface area contributed by atoms with Crippen LogP contribution in [0.5, 0.6) is 0 Å². The molecule has 8 nitrogen and oxygen atoms in total. The van der Waals surface area contributed by atoms with Gasteiger partial charge in [0.1, 0.15) is 11.6 Å². The number of carbonyl (C=O) groups excluding carboxylic acids is 3. The third kappa shape index (κ3) is 3.00. The maximum absolute atomic E-state index is 11.4. The molecule has 1 atom stereocenters. The summed E-state index contributed by atoms with van der Waals surface area (Å²) in [5, 5.41) is 18.9. The Morgan fingerprint density at radius 2 is 1.83 bits per heavy atom. The summed E-state index contributed by atoms with van der Waals surface area (Å²) >= 11 is 0. The van der Waals surface area contributed by atoms with Crippen LogP contribution in [0.2, 0.25) is 0 Å². The number of ketones is 2. The molecule has 1 aliphatic rings. The highest BCUT2D eigenvalue weighted by atomic mass is 16.4. The number of carboxylic acids is 2. The molecule has 0 aliphatic carbocycles. The number of amides is 1. The number of aliphatic carboxylic acids is 2. The van der Waals surface area contributed by atoms with Crippen LogP contribution in [0, 0.1) is 5.92 Å². The standard InChI is InChI=1S/C10H9NO7/c12-6(10(17)18)2-1-4-7(13)3-5(9(15)16)11-8(4)14/h3-4H,1-2H2,(H,11,14)(H,15,16)(H,17,18). The largest absolute Gasteiger partial charge is 0.477 e. The molecule has 8 heteroatoms. The zero-order valence-electron chi connectivity index (χ0n) is 9.00. The molecule has 1 rings (SSSR count). The first-order valence-electron chi connectivity index (χ1n) is 4.88. The van der Waals surface area contributed by atoms with E-state index in [1.165, 1.54) is 0 Å². The SMILES string of the molecule is O=C(O)C(=O)CCC1C(=O)C=C(C(=O)O)NC1=O. The first-order chi connectivity index (χ1) is 8.32. The van der Waals surface area contributed by atoms with Gasteiger partial charge in [-0.1, -0.05) is 0 Å². The molecule has 0 fully saturated rings. The third-order valence-corrected chi connectivity index (χ3v) is 2.33. The van der Waals surface area contributed by atoms with Gasteiger partial charge in [-0.25, -0.2) is 9.59 Å². The smallest absolute Gasteiger partial charge is 0.372 e. The van der Waals surface area contributed by atoms with E-state index in [9.17, 15) is 24.0 Å². The van der Waals surface area contributed by atoms with E-state index < -0.39 is 47.4 Å². The highest BCUT2D eigenvalue weighted by molar-refractivity contribution is 6.32. The molecule has 0 aromatic rings. The van der Waals surface area contributed by atoms with Gasteiger partial charge in [0.25, 0.3) is 0 Å². The Balaban J connectivity index is 2.72. The molecule has 0 aromatic carbocycles. The molecule has 0 aromatic heterocycles. The molecular weight excluding hydrogens is 246 g/mol. The summed E-state index contributed by atoms with van der Waals surface area (Å²) in [6.45, 7) is 0. The van der Waals surface area contributed by atoms with Gasteiger partial charge in [0.05, 0.1) is 0 Å². The molecule has 3 N–H and O–H groups in total. The van der Waals surface area contributed by atoms with Crippen LogP contribution in [-0.4, -0.2) is 39.6 Å². The average molecular weight is 255 g/mol. The van der Waals surface area contributed by atoms with Crippen molar-refractivity contribution in [1.82, 2.24) is 5.32 Å². The molecule has 0 radical (unpaired) electrons. The second-order valence-electron chi connectivity index (χ2n) is 3.57. The molecule has 1 amide bonds. The van der Waals surface area contributed by atoms with Crippen LogP contribution in [0.4, 0.5) is 0 Å². The van der Waals surface area contributed by atoms with Gasteiger partial charge in [-0.15, -0.1) is 0 Å². The number of hydrogen-bond donors (Lipinski definition) is 3. The minimum Gasteiger partial charge on any atom is -0.477 e. The lowest BCUT2D eigenvalue weighted by Crippen LogP contribution is -2.41. The first kappa shape index (κ1) is 13.6. The monoisotopic (exact) mass is 255 g/mol. The van der Waals surface area contributed by atoms with E-state index in [1.54, 1.807) is 0 Å². The predicted molar refractivity (Wildman–Crippen MR) is 54.2 cm³/mol. The summed E-state index contributed by atoms with van der Waals surface area (Å²) in [7, 11) is 0. The molecule has 1 heterocycles. The van der Waals surface area contributed by atoms with Gasteiger partial charge in [-0.2, -0.15) is 0 Å². The zero-order valence-corrected chi connectivity index (χ0v) is 9.00. The van der Waals surface area contributed by atoms with Gasteiger partial charge in [0.15, 0.2) is 5.78 Å². The molecule has 0 saturated heterocycles. The first-order valence-corrected chi connectivity index (χ1v) is 4.88. The lowest BCUT2D eigenvalue weighted by molar-refractivity contribution is -0.149. The summed E-state index contributed by atoms with van der Waals surface area (Å²) in [4.78, 5) is 54.5. The summed E-state index contributed by atoms with van der Waals surface area (Å²) in [6.07, 6.45) is 0.0221. The number of nitrogens with one attached hydrogen (secondary N) is 1. The highest BCUT2D eigenvalue weighted by Gasteiger charge is 2.32. The summed E-state index contributed by atoms with van der Waals surface area (Å²) in [5.41, 5.74) is -0.536. The number of hydrogen-bond acceptors (Lipinski definition) is 5. The topological polar surface area (TPSA) is 138 Å². The van der Waals surface area contributed by atoms with Gasteiger partial charge in [-0.3, -0.25) is 14.4 Å². The van der Waals surface area contributed by atoms with Crippen LogP contribution in [0.3, 0.4) is 0 Å². The van der Waals surface area contributed by atoms with Gasteiger partial charge >= 0.3 is 11.9 Å². The van der Waals surface area contributed by atoms with E-state index in [4.69, 9.17) is 10.2 Å². The summed E-state index contributed by atoms with van der Waals surface area (Å²) in [6, 6.07) is 0. The van der Waals surface area contributed by atoms with Gasteiger partial charge < -0.3 is 15.5 Å². The summed E-state index contributed by atoms with van der Waals surface area (Å²) in [5.74, 6) is -7.02. The van der Waals surface area contributed by atoms with Crippen molar-refractivity contribution in [3.63, 3.8) is 0 Å². The Hall–Kier alpha value is -2.51. The second kappa shape index (κ2) is 5.21. The van der Waals surface area contributed by atoms with Crippen molar-refractivity contribution in [3.05, 3.63) is 11.8 Å². The van der Waals surface area contributed by atoms with Crippen molar-refractivity contribution in [2.45, 2.75) is 12.8 Å². The van der Waals surface area contributed by atoms with E-state index >= 15 is 0 Å². The molecular formula is C10H9NO7. The molecule has 1 aliphatic heterocycles. The number of allylic oxidation sites excluding steroid dienone is 1. The van der Waals surface area contributed by atoms with Crippen LogP contribution in [-0.2, 0) is 24.0 Å². The Morgan fingerprint density at radius 1 is 1.22 bits per heavy atom. The van der Waals surface area contributed by atoms with E-state index in [1.807, 2.05) is 5.32 Å². The van der Waals surface area contributed by atoms with Crippen molar-refractivity contribution in [2.24, 2.45) is 5.92 Å². The summed E-state index contributed by atoms with van der Waals surface area (Å²) < 4.78 is 0. The molecule has 18 heavy (non-hydrogen) atoms. The van der Waals surface area contributed by atoms with Crippen molar-refractivity contribution in [1.29, 1.82) is 0 Å². The number of rotatable bonds is 5. The lowest BCUT2D eigenvalue weighted by Gasteiger charge is -2.18.